The lowest BCUT2D eigenvalue weighted by Crippen LogP contribution is -2.20. The van der Waals surface area contributed by atoms with E-state index in [1.165, 1.54) is 10.9 Å². The highest BCUT2D eigenvalue weighted by atomic mass is 32.2. The standard InChI is InChI=1S/C23H34N2O5S/c1-5-7-8-19(6-2)17-30-22(26)13-14-31(27,28)23-18(3)15-24-25(23)16-20-9-11-21(29-4)12-10-20/h9-12,15,19H,5-8,13-14,16-17H2,1-4H3. The molecule has 8 heteroatoms. The summed E-state index contributed by atoms with van der Waals surface area (Å²) in [4.78, 5) is 12.2. The lowest BCUT2D eigenvalue weighted by atomic mass is 10.0. The second-order valence-electron chi connectivity index (χ2n) is 7.81. The molecule has 1 aromatic heterocycles. The fourth-order valence-electron chi connectivity index (χ4n) is 3.39. The molecule has 1 unspecified atom stereocenters. The Kier molecular flexibility index (Phi) is 9.55. The molecule has 7 nitrogen and oxygen atoms in total. The Morgan fingerprint density at radius 1 is 1.19 bits per heavy atom. The van der Waals surface area contributed by atoms with Crippen LogP contribution in [0.4, 0.5) is 0 Å². The molecule has 2 aromatic rings. The van der Waals surface area contributed by atoms with Crippen LogP contribution in [0.3, 0.4) is 0 Å². The highest BCUT2D eigenvalue weighted by Gasteiger charge is 2.24. The number of hydrogen-bond acceptors (Lipinski definition) is 6. The van der Waals surface area contributed by atoms with Crippen LogP contribution in [0, 0.1) is 12.8 Å². The van der Waals surface area contributed by atoms with Crippen LogP contribution in [-0.4, -0.2) is 43.6 Å². The van der Waals surface area contributed by atoms with E-state index in [0.29, 0.717) is 24.6 Å². The Morgan fingerprint density at radius 2 is 1.90 bits per heavy atom. The maximum Gasteiger partial charge on any atom is 0.306 e. The van der Waals surface area contributed by atoms with Crippen molar-refractivity contribution in [3.8, 4) is 5.75 Å². The van der Waals surface area contributed by atoms with Gasteiger partial charge in [0.15, 0.2) is 14.9 Å². The number of carbonyl (C=O) groups excluding carboxylic acids is 1. The fourth-order valence-corrected chi connectivity index (χ4v) is 4.99. The first-order chi connectivity index (χ1) is 14.8. The smallest absolute Gasteiger partial charge is 0.306 e. The lowest BCUT2D eigenvalue weighted by molar-refractivity contribution is -0.144. The SMILES string of the molecule is CCCCC(CC)COC(=O)CCS(=O)(=O)c1c(C)cnn1Cc1ccc(OC)cc1. The quantitative estimate of drug-likeness (QED) is 0.426. The number of rotatable bonds is 13. The van der Waals surface area contributed by atoms with Gasteiger partial charge in [0.1, 0.15) is 5.75 Å². The summed E-state index contributed by atoms with van der Waals surface area (Å²) >= 11 is 0. The molecule has 1 atom stereocenters. The molecule has 0 spiro atoms. The van der Waals surface area contributed by atoms with Crippen LogP contribution in [0.5, 0.6) is 5.75 Å². The van der Waals surface area contributed by atoms with Gasteiger partial charge in [-0.15, -0.1) is 0 Å². The van der Waals surface area contributed by atoms with Crippen molar-refractivity contribution in [1.82, 2.24) is 9.78 Å². The van der Waals surface area contributed by atoms with Gasteiger partial charge in [-0.05, 0) is 37.0 Å². The summed E-state index contributed by atoms with van der Waals surface area (Å²) in [5, 5.41) is 4.38. The van der Waals surface area contributed by atoms with Crippen LogP contribution in [0.15, 0.2) is 35.5 Å². The molecule has 172 valence electrons. The van der Waals surface area contributed by atoms with Gasteiger partial charge in [0.25, 0.3) is 0 Å². The maximum absolute atomic E-state index is 13.0. The van der Waals surface area contributed by atoms with E-state index in [1.807, 2.05) is 24.3 Å². The maximum atomic E-state index is 13.0. The number of methoxy groups -OCH3 is 1. The zero-order valence-corrected chi connectivity index (χ0v) is 19.8. The molecule has 0 aliphatic carbocycles. The Labute approximate surface area is 185 Å². The third kappa shape index (κ3) is 7.38. The van der Waals surface area contributed by atoms with Crippen molar-refractivity contribution in [1.29, 1.82) is 0 Å². The summed E-state index contributed by atoms with van der Waals surface area (Å²) in [6.45, 7) is 6.58. The molecule has 0 fully saturated rings. The Morgan fingerprint density at radius 3 is 2.52 bits per heavy atom. The summed E-state index contributed by atoms with van der Waals surface area (Å²) in [6, 6.07) is 7.37. The monoisotopic (exact) mass is 450 g/mol. The van der Waals surface area contributed by atoms with Gasteiger partial charge in [-0.25, -0.2) is 13.1 Å². The number of aromatic nitrogens is 2. The van der Waals surface area contributed by atoms with Crippen molar-refractivity contribution in [3.63, 3.8) is 0 Å². The minimum atomic E-state index is -3.69. The van der Waals surface area contributed by atoms with Gasteiger partial charge >= 0.3 is 5.97 Å². The van der Waals surface area contributed by atoms with Gasteiger partial charge in [-0.2, -0.15) is 5.10 Å². The van der Waals surface area contributed by atoms with E-state index in [1.54, 1.807) is 14.0 Å². The fraction of sp³-hybridized carbons (Fsp3) is 0.565. The molecule has 2 rings (SSSR count). The summed E-state index contributed by atoms with van der Waals surface area (Å²) in [6.07, 6.45) is 5.53. The number of unbranched alkanes of at least 4 members (excludes halogenated alkanes) is 1. The molecule has 1 heterocycles. The van der Waals surface area contributed by atoms with E-state index in [-0.39, 0.29) is 17.2 Å². The molecule has 0 radical (unpaired) electrons. The zero-order valence-electron chi connectivity index (χ0n) is 19.0. The molecule has 31 heavy (non-hydrogen) atoms. The minimum Gasteiger partial charge on any atom is -0.497 e. The van der Waals surface area contributed by atoms with Crippen LogP contribution in [-0.2, 0) is 25.9 Å². The minimum absolute atomic E-state index is 0.144. The number of aryl methyl sites for hydroxylation is 1. The van der Waals surface area contributed by atoms with Gasteiger partial charge in [0, 0.05) is 5.56 Å². The van der Waals surface area contributed by atoms with Crippen molar-refractivity contribution < 1.29 is 22.7 Å². The summed E-state index contributed by atoms with van der Waals surface area (Å²) in [5.74, 6) is 0.282. The number of nitrogens with zero attached hydrogens (tertiary/aromatic N) is 2. The van der Waals surface area contributed by atoms with E-state index in [0.717, 1.165) is 37.0 Å². The molecule has 1 aromatic carbocycles. The Hall–Kier alpha value is -2.35. The van der Waals surface area contributed by atoms with Crippen LogP contribution in [0.2, 0.25) is 0 Å². The summed E-state index contributed by atoms with van der Waals surface area (Å²) in [5.41, 5.74) is 1.46. The number of ether oxygens (including phenoxy) is 2. The topological polar surface area (TPSA) is 87.5 Å². The predicted molar refractivity (Wildman–Crippen MR) is 120 cm³/mol. The molecule has 0 N–H and O–H groups in total. The van der Waals surface area contributed by atoms with Crippen LogP contribution in [0.1, 0.15) is 57.1 Å². The van der Waals surface area contributed by atoms with Gasteiger partial charge in [0.2, 0.25) is 0 Å². The molecule has 0 bridgehead atoms. The van der Waals surface area contributed by atoms with Gasteiger partial charge in [0.05, 0.1) is 38.6 Å². The highest BCUT2D eigenvalue weighted by molar-refractivity contribution is 7.91. The number of benzene rings is 1. The van der Waals surface area contributed by atoms with E-state index in [9.17, 15) is 13.2 Å². The highest BCUT2D eigenvalue weighted by Crippen LogP contribution is 2.20. The van der Waals surface area contributed by atoms with E-state index in [4.69, 9.17) is 9.47 Å². The second kappa shape index (κ2) is 11.9. The average molecular weight is 451 g/mol. The first-order valence-electron chi connectivity index (χ1n) is 10.8. The molecule has 0 aliphatic heterocycles. The van der Waals surface area contributed by atoms with Crippen molar-refractivity contribution >= 4 is 15.8 Å². The third-order valence-electron chi connectivity index (χ3n) is 5.35. The van der Waals surface area contributed by atoms with Gasteiger partial charge in [-0.1, -0.05) is 45.2 Å². The average Bonchev–Trinajstić information content (AvgIpc) is 3.13. The Balaban J connectivity index is 2.00. The van der Waals surface area contributed by atoms with Crippen molar-refractivity contribution in [2.75, 3.05) is 19.5 Å². The number of carbonyl (C=O) groups is 1. The molecule has 0 aliphatic rings. The summed E-state index contributed by atoms with van der Waals surface area (Å²) in [7, 11) is -2.10. The van der Waals surface area contributed by atoms with Gasteiger partial charge < -0.3 is 9.47 Å². The van der Waals surface area contributed by atoms with Gasteiger partial charge in [-0.3, -0.25) is 4.79 Å². The van der Waals surface area contributed by atoms with E-state index >= 15 is 0 Å². The first kappa shape index (κ1) is 24.9. The lowest BCUT2D eigenvalue weighted by Gasteiger charge is -2.15. The third-order valence-corrected chi connectivity index (χ3v) is 7.21. The van der Waals surface area contributed by atoms with E-state index < -0.39 is 15.8 Å². The first-order valence-corrected chi connectivity index (χ1v) is 12.5. The molecule has 0 saturated carbocycles. The second-order valence-corrected chi connectivity index (χ2v) is 9.83. The molecule has 0 saturated heterocycles. The molecular formula is C23H34N2O5S. The normalized spacial score (nSPS) is 12.5. The van der Waals surface area contributed by atoms with Crippen molar-refractivity contribution in [3.05, 3.63) is 41.6 Å². The van der Waals surface area contributed by atoms with Crippen molar-refractivity contribution in [2.24, 2.45) is 5.92 Å². The zero-order chi connectivity index (χ0) is 22.9. The Bertz CT molecular complexity index is 935. The molecule has 0 amide bonds. The predicted octanol–water partition coefficient (Wildman–Crippen LogP) is 4.17. The number of sulfone groups is 1. The number of esters is 1. The van der Waals surface area contributed by atoms with Crippen molar-refractivity contribution in [2.45, 2.75) is 64.4 Å². The number of hydrogen-bond donors (Lipinski definition) is 0. The molecular weight excluding hydrogens is 416 g/mol. The van der Waals surface area contributed by atoms with Crippen LogP contribution >= 0.6 is 0 Å². The van der Waals surface area contributed by atoms with Crippen LogP contribution < -0.4 is 4.74 Å². The van der Waals surface area contributed by atoms with E-state index in [2.05, 4.69) is 18.9 Å². The summed E-state index contributed by atoms with van der Waals surface area (Å²) < 4.78 is 37.9. The largest absolute Gasteiger partial charge is 0.497 e. The van der Waals surface area contributed by atoms with Crippen LogP contribution in [0.25, 0.3) is 0 Å².